The Morgan fingerprint density at radius 1 is 1.18 bits per heavy atom. The molecule has 1 aliphatic rings. The number of rotatable bonds is 7. The van der Waals surface area contributed by atoms with E-state index in [1.54, 1.807) is 30.3 Å². The van der Waals surface area contributed by atoms with Crippen molar-refractivity contribution in [2.24, 2.45) is 5.73 Å². The number of aryl methyl sites for hydroxylation is 1. The number of anilines is 1. The predicted molar refractivity (Wildman–Crippen MR) is 107 cm³/mol. The van der Waals surface area contributed by atoms with Crippen LogP contribution in [-0.2, 0) is 4.74 Å². The second-order valence-corrected chi connectivity index (χ2v) is 6.70. The summed E-state index contributed by atoms with van der Waals surface area (Å²) in [6, 6.07) is 12.1. The van der Waals surface area contributed by atoms with E-state index in [2.05, 4.69) is 10.2 Å². The molecule has 148 valence electrons. The zero-order valence-electron chi connectivity index (χ0n) is 15.9. The van der Waals surface area contributed by atoms with E-state index in [4.69, 9.17) is 15.2 Å². The molecule has 0 bridgehead atoms. The van der Waals surface area contributed by atoms with Crippen molar-refractivity contribution >= 4 is 17.5 Å². The normalized spacial score (nSPS) is 14.5. The molecule has 1 aliphatic heterocycles. The zero-order valence-corrected chi connectivity index (χ0v) is 15.9. The molecule has 1 saturated heterocycles. The Hall–Kier alpha value is -2.90. The largest absolute Gasteiger partial charge is 0.492 e. The Bertz CT molecular complexity index is 847. The van der Waals surface area contributed by atoms with Crippen molar-refractivity contribution in [3.05, 3.63) is 59.2 Å². The number of ether oxygens (including phenoxy) is 2. The number of nitrogens with one attached hydrogen (secondary N) is 1. The Morgan fingerprint density at radius 3 is 2.71 bits per heavy atom. The zero-order chi connectivity index (χ0) is 19.9. The van der Waals surface area contributed by atoms with Crippen molar-refractivity contribution in [3.8, 4) is 5.75 Å². The highest BCUT2D eigenvalue weighted by atomic mass is 16.5. The summed E-state index contributed by atoms with van der Waals surface area (Å²) in [5.41, 5.74) is 7.43. The SMILES string of the molecule is Cc1ccc(NC(=O)c2cccc(OCCN3CCOCC3)c2)c(C(N)=O)c1. The number of amides is 2. The lowest BCUT2D eigenvalue weighted by atomic mass is 10.1. The van der Waals surface area contributed by atoms with E-state index in [-0.39, 0.29) is 11.5 Å². The van der Waals surface area contributed by atoms with Crippen LogP contribution in [0.25, 0.3) is 0 Å². The van der Waals surface area contributed by atoms with Gasteiger partial charge in [0.1, 0.15) is 12.4 Å². The number of benzene rings is 2. The van der Waals surface area contributed by atoms with Gasteiger partial charge in [-0.3, -0.25) is 14.5 Å². The molecule has 3 rings (SSSR count). The minimum Gasteiger partial charge on any atom is -0.492 e. The minimum atomic E-state index is -0.584. The third kappa shape index (κ3) is 5.31. The first kappa shape index (κ1) is 19.9. The fraction of sp³-hybridized carbons (Fsp3) is 0.333. The molecular formula is C21H25N3O4. The van der Waals surface area contributed by atoms with Gasteiger partial charge in [0.2, 0.25) is 0 Å². The van der Waals surface area contributed by atoms with Crippen LogP contribution in [0.2, 0.25) is 0 Å². The van der Waals surface area contributed by atoms with E-state index in [1.165, 1.54) is 0 Å². The average Bonchev–Trinajstić information content (AvgIpc) is 2.70. The van der Waals surface area contributed by atoms with Gasteiger partial charge in [0.05, 0.1) is 24.5 Å². The van der Waals surface area contributed by atoms with Crippen molar-refractivity contribution in [1.82, 2.24) is 4.90 Å². The Balaban J connectivity index is 1.61. The minimum absolute atomic E-state index is 0.284. The molecule has 2 amide bonds. The monoisotopic (exact) mass is 383 g/mol. The molecule has 7 nitrogen and oxygen atoms in total. The Morgan fingerprint density at radius 2 is 1.96 bits per heavy atom. The summed E-state index contributed by atoms with van der Waals surface area (Å²) in [5, 5.41) is 2.75. The van der Waals surface area contributed by atoms with Crippen molar-refractivity contribution in [2.45, 2.75) is 6.92 Å². The second kappa shape index (κ2) is 9.34. The molecule has 0 aliphatic carbocycles. The molecule has 0 spiro atoms. The van der Waals surface area contributed by atoms with Gasteiger partial charge in [0.25, 0.3) is 11.8 Å². The van der Waals surface area contributed by atoms with E-state index < -0.39 is 5.91 Å². The van der Waals surface area contributed by atoms with Crippen molar-refractivity contribution in [1.29, 1.82) is 0 Å². The molecule has 0 aromatic heterocycles. The van der Waals surface area contributed by atoms with Crippen LogP contribution in [0.4, 0.5) is 5.69 Å². The van der Waals surface area contributed by atoms with Crippen LogP contribution in [0, 0.1) is 6.92 Å². The molecule has 2 aromatic rings. The highest BCUT2D eigenvalue weighted by molar-refractivity contribution is 6.08. The topological polar surface area (TPSA) is 93.9 Å². The summed E-state index contributed by atoms with van der Waals surface area (Å²) in [5.74, 6) is -0.288. The summed E-state index contributed by atoms with van der Waals surface area (Å²) in [7, 11) is 0. The first-order chi connectivity index (χ1) is 13.5. The summed E-state index contributed by atoms with van der Waals surface area (Å²) in [6.45, 7) is 6.52. The van der Waals surface area contributed by atoms with Crippen LogP contribution in [0.5, 0.6) is 5.75 Å². The number of primary amides is 1. The number of carbonyl (C=O) groups excluding carboxylic acids is 2. The molecule has 1 fully saturated rings. The number of nitrogens with zero attached hydrogens (tertiary/aromatic N) is 1. The summed E-state index contributed by atoms with van der Waals surface area (Å²) < 4.78 is 11.1. The first-order valence-electron chi connectivity index (χ1n) is 9.28. The van der Waals surface area contributed by atoms with Crippen LogP contribution in [0.15, 0.2) is 42.5 Å². The lowest BCUT2D eigenvalue weighted by molar-refractivity contribution is 0.0322. The maximum atomic E-state index is 12.6. The Labute approximate surface area is 164 Å². The molecule has 2 aromatic carbocycles. The smallest absolute Gasteiger partial charge is 0.255 e. The summed E-state index contributed by atoms with van der Waals surface area (Å²) >= 11 is 0. The van der Waals surface area contributed by atoms with Crippen molar-refractivity contribution < 1.29 is 19.1 Å². The van der Waals surface area contributed by atoms with Crippen molar-refractivity contribution in [2.75, 3.05) is 44.8 Å². The third-order valence-corrected chi connectivity index (χ3v) is 4.56. The fourth-order valence-corrected chi connectivity index (χ4v) is 3.01. The quantitative estimate of drug-likeness (QED) is 0.763. The van der Waals surface area contributed by atoms with Gasteiger partial charge in [0.15, 0.2) is 0 Å². The van der Waals surface area contributed by atoms with Crippen LogP contribution in [-0.4, -0.2) is 56.2 Å². The molecule has 0 saturated carbocycles. The highest BCUT2D eigenvalue weighted by Gasteiger charge is 2.14. The fourth-order valence-electron chi connectivity index (χ4n) is 3.01. The van der Waals surface area contributed by atoms with Crippen LogP contribution in [0.1, 0.15) is 26.3 Å². The number of nitrogens with two attached hydrogens (primary N) is 1. The van der Waals surface area contributed by atoms with E-state index in [0.717, 1.165) is 38.4 Å². The molecule has 0 radical (unpaired) electrons. The second-order valence-electron chi connectivity index (χ2n) is 6.70. The van der Waals surface area contributed by atoms with Gasteiger partial charge in [-0.25, -0.2) is 0 Å². The first-order valence-corrected chi connectivity index (χ1v) is 9.28. The van der Waals surface area contributed by atoms with Gasteiger partial charge in [-0.15, -0.1) is 0 Å². The van der Waals surface area contributed by atoms with Crippen molar-refractivity contribution in [3.63, 3.8) is 0 Å². The van der Waals surface area contributed by atoms with Crippen LogP contribution >= 0.6 is 0 Å². The number of morpholine rings is 1. The van der Waals surface area contributed by atoms with E-state index in [0.29, 0.717) is 23.6 Å². The molecule has 0 atom stereocenters. The van der Waals surface area contributed by atoms with Crippen LogP contribution < -0.4 is 15.8 Å². The molecule has 28 heavy (non-hydrogen) atoms. The molecule has 7 heteroatoms. The van der Waals surface area contributed by atoms with E-state index >= 15 is 0 Å². The Kier molecular flexibility index (Phi) is 6.62. The molecule has 3 N–H and O–H groups in total. The lowest BCUT2D eigenvalue weighted by Crippen LogP contribution is -2.38. The van der Waals surface area contributed by atoms with Gasteiger partial charge >= 0.3 is 0 Å². The van der Waals surface area contributed by atoms with Gasteiger partial charge < -0.3 is 20.5 Å². The number of hydrogen-bond acceptors (Lipinski definition) is 5. The third-order valence-electron chi connectivity index (χ3n) is 4.56. The molecule has 0 unspecified atom stereocenters. The number of carbonyl (C=O) groups is 2. The van der Waals surface area contributed by atoms with E-state index in [9.17, 15) is 9.59 Å². The van der Waals surface area contributed by atoms with Gasteiger partial charge in [-0.1, -0.05) is 17.7 Å². The highest BCUT2D eigenvalue weighted by Crippen LogP contribution is 2.19. The molecular weight excluding hydrogens is 358 g/mol. The summed E-state index contributed by atoms with van der Waals surface area (Å²) in [4.78, 5) is 26.5. The van der Waals surface area contributed by atoms with Crippen LogP contribution in [0.3, 0.4) is 0 Å². The average molecular weight is 383 g/mol. The predicted octanol–water partition coefficient (Wildman–Crippen LogP) is 2.06. The van der Waals surface area contributed by atoms with E-state index in [1.807, 2.05) is 19.1 Å². The number of hydrogen-bond donors (Lipinski definition) is 2. The van der Waals surface area contributed by atoms with Gasteiger partial charge in [-0.2, -0.15) is 0 Å². The summed E-state index contributed by atoms with van der Waals surface area (Å²) in [6.07, 6.45) is 0. The maximum absolute atomic E-state index is 12.6. The maximum Gasteiger partial charge on any atom is 0.255 e. The lowest BCUT2D eigenvalue weighted by Gasteiger charge is -2.26. The standard InChI is InChI=1S/C21H25N3O4/c1-15-5-6-19(18(13-15)20(22)25)23-21(26)16-3-2-4-17(14-16)28-12-9-24-7-10-27-11-8-24/h2-6,13-14H,7-12H2,1H3,(H2,22,25)(H,23,26). The molecule has 1 heterocycles. The van der Waals surface area contributed by atoms with Gasteiger partial charge in [-0.05, 0) is 37.3 Å². The van der Waals surface area contributed by atoms with Gasteiger partial charge in [0, 0.05) is 25.2 Å².